The molecule has 2 rings (SSSR count). The Kier molecular flexibility index (Phi) is 4.04. The number of carbonyl (C=O) groups is 2. The number of likely N-dealkylation sites (tertiary alicyclic amines) is 1. The van der Waals surface area contributed by atoms with Gasteiger partial charge in [0.05, 0.1) is 5.92 Å². The molecule has 0 aromatic heterocycles. The van der Waals surface area contributed by atoms with Gasteiger partial charge in [0.25, 0.3) is 0 Å². The van der Waals surface area contributed by atoms with Crippen molar-refractivity contribution < 1.29 is 14.7 Å². The molecule has 1 aliphatic heterocycles. The highest BCUT2D eigenvalue weighted by atomic mass is 16.4. The van der Waals surface area contributed by atoms with Crippen LogP contribution >= 0.6 is 0 Å². The molecule has 0 aliphatic carbocycles. The zero-order valence-corrected chi connectivity index (χ0v) is 10.9. The second-order valence-electron chi connectivity index (χ2n) is 4.85. The van der Waals surface area contributed by atoms with Crippen molar-refractivity contribution in [1.29, 1.82) is 0 Å². The van der Waals surface area contributed by atoms with Crippen LogP contribution in [0.1, 0.15) is 11.1 Å². The van der Waals surface area contributed by atoms with Gasteiger partial charge in [-0.05, 0) is 24.5 Å². The lowest BCUT2D eigenvalue weighted by Gasteiger charge is -2.36. The highest BCUT2D eigenvalue weighted by Gasteiger charge is 2.35. The quantitative estimate of drug-likeness (QED) is 0.858. The second-order valence-corrected chi connectivity index (χ2v) is 4.85. The van der Waals surface area contributed by atoms with Gasteiger partial charge in [-0.15, -0.1) is 0 Å². The Morgan fingerprint density at radius 1 is 1.37 bits per heavy atom. The van der Waals surface area contributed by atoms with E-state index in [2.05, 4.69) is 5.32 Å². The third-order valence-electron chi connectivity index (χ3n) is 3.45. The Morgan fingerprint density at radius 2 is 2.05 bits per heavy atom. The highest BCUT2D eigenvalue weighted by Crippen LogP contribution is 2.15. The molecule has 0 saturated carbocycles. The minimum absolute atomic E-state index is 0.175. The highest BCUT2D eigenvalue weighted by molar-refractivity contribution is 5.79. The average molecular weight is 262 g/mol. The molecule has 5 nitrogen and oxygen atoms in total. The van der Waals surface area contributed by atoms with Crippen LogP contribution < -0.4 is 5.32 Å². The van der Waals surface area contributed by atoms with Crippen LogP contribution in [0.5, 0.6) is 0 Å². The van der Waals surface area contributed by atoms with E-state index >= 15 is 0 Å². The normalized spacial score (nSPS) is 14.9. The molecule has 1 heterocycles. The Balaban J connectivity index is 1.71. The van der Waals surface area contributed by atoms with Crippen molar-refractivity contribution in [2.75, 3.05) is 19.6 Å². The van der Waals surface area contributed by atoms with Gasteiger partial charge in [0, 0.05) is 19.6 Å². The van der Waals surface area contributed by atoms with E-state index in [1.807, 2.05) is 31.2 Å². The van der Waals surface area contributed by atoms with Gasteiger partial charge in [0.15, 0.2) is 0 Å². The zero-order chi connectivity index (χ0) is 13.8. The number of aliphatic carboxylic acids is 1. The van der Waals surface area contributed by atoms with E-state index in [1.54, 1.807) is 0 Å². The minimum atomic E-state index is -0.830. The predicted molar refractivity (Wildman–Crippen MR) is 71.0 cm³/mol. The number of carbonyl (C=O) groups excluding carboxylic acids is 1. The summed E-state index contributed by atoms with van der Waals surface area (Å²) < 4.78 is 0. The molecule has 0 atom stereocenters. The van der Waals surface area contributed by atoms with Crippen molar-refractivity contribution in [3.63, 3.8) is 0 Å². The molecule has 0 unspecified atom stereocenters. The first-order valence-electron chi connectivity index (χ1n) is 6.38. The lowest BCUT2D eigenvalue weighted by molar-refractivity contribution is -0.146. The summed E-state index contributed by atoms with van der Waals surface area (Å²) in [5.74, 6) is -1.23. The number of nitrogens with zero attached hydrogens (tertiary/aromatic N) is 1. The van der Waals surface area contributed by atoms with Crippen LogP contribution in [0.3, 0.4) is 0 Å². The van der Waals surface area contributed by atoms with Gasteiger partial charge in [-0.25, -0.2) is 4.79 Å². The monoisotopic (exact) mass is 262 g/mol. The molecule has 1 aromatic carbocycles. The lowest BCUT2D eigenvalue weighted by atomic mass is 10.0. The molecule has 1 saturated heterocycles. The maximum atomic E-state index is 11.7. The lowest BCUT2D eigenvalue weighted by Crippen LogP contribution is -2.56. The third-order valence-corrected chi connectivity index (χ3v) is 3.45. The van der Waals surface area contributed by atoms with Crippen molar-refractivity contribution >= 4 is 12.0 Å². The molecule has 1 aromatic rings. The van der Waals surface area contributed by atoms with E-state index in [-0.39, 0.29) is 6.03 Å². The largest absolute Gasteiger partial charge is 0.481 e. The molecule has 102 valence electrons. The first-order chi connectivity index (χ1) is 9.08. The van der Waals surface area contributed by atoms with E-state index in [4.69, 9.17) is 5.11 Å². The molecular formula is C14H18N2O3. The van der Waals surface area contributed by atoms with Crippen LogP contribution in [0.15, 0.2) is 24.3 Å². The molecule has 2 N–H and O–H groups in total. The van der Waals surface area contributed by atoms with Gasteiger partial charge in [-0.3, -0.25) is 4.79 Å². The number of hydrogen-bond acceptors (Lipinski definition) is 2. The fourth-order valence-corrected chi connectivity index (χ4v) is 2.11. The fourth-order valence-electron chi connectivity index (χ4n) is 2.11. The van der Waals surface area contributed by atoms with Crippen LogP contribution in [-0.4, -0.2) is 41.6 Å². The predicted octanol–water partition coefficient (Wildman–Crippen LogP) is 1.26. The number of rotatable bonds is 4. The molecule has 0 bridgehead atoms. The molecule has 1 aliphatic rings. The van der Waals surface area contributed by atoms with Gasteiger partial charge >= 0.3 is 12.0 Å². The number of carboxylic acids is 1. The average Bonchev–Trinajstić information content (AvgIpc) is 2.29. The summed E-state index contributed by atoms with van der Waals surface area (Å²) in [4.78, 5) is 23.8. The van der Waals surface area contributed by atoms with Crippen LogP contribution in [0.2, 0.25) is 0 Å². The first-order valence-corrected chi connectivity index (χ1v) is 6.38. The van der Waals surface area contributed by atoms with Crippen LogP contribution in [0, 0.1) is 12.8 Å². The van der Waals surface area contributed by atoms with Gasteiger partial charge < -0.3 is 15.3 Å². The summed E-state index contributed by atoms with van der Waals surface area (Å²) >= 11 is 0. The number of amides is 2. The topological polar surface area (TPSA) is 69.6 Å². The zero-order valence-electron chi connectivity index (χ0n) is 10.9. The van der Waals surface area contributed by atoms with E-state index in [0.29, 0.717) is 19.6 Å². The smallest absolute Gasteiger partial charge is 0.317 e. The molecular weight excluding hydrogens is 244 g/mol. The summed E-state index contributed by atoms with van der Waals surface area (Å²) in [5, 5.41) is 11.5. The van der Waals surface area contributed by atoms with Gasteiger partial charge in [-0.2, -0.15) is 0 Å². The van der Waals surface area contributed by atoms with Gasteiger partial charge in [0.2, 0.25) is 0 Å². The van der Waals surface area contributed by atoms with Crippen LogP contribution in [0.25, 0.3) is 0 Å². The Labute approximate surface area is 112 Å². The Bertz CT molecular complexity index is 481. The van der Waals surface area contributed by atoms with E-state index in [0.717, 1.165) is 6.42 Å². The molecule has 5 heteroatoms. The molecule has 0 spiro atoms. The number of nitrogens with one attached hydrogen (secondary N) is 1. The standard InChI is InChI=1S/C14H18N2O3/c1-10-4-2-3-5-11(10)6-7-15-14(19)16-8-12(9-16)13(17)18/h2-5,12H,6-9H2,1H3,(H,15,19)(H,17,18). The van der Waals surface area contributed by atoms with Crippen molar-refractivity contribution in [1.82, 2.24) is 10.2 Å². The first kappa shape index (κ1) is 13.4. The SMILES string of the molecule is Cc1ccccc1CCNC(=O)N1CC(C(=O)O)C1. The fraction of sp³-hybridized carbons (Fsp3) is 0.429. The number of carboxylic acid groups (broad SMARTS) is 1. The van der Waals surface area contributed by atoms with Crippen LogP contribution in [-0.2, 0) is 11.2 Å². The summed E-state index contributed by atoms with van der Waals surface area (Å²) in [5.41, 5.74) is 2.43. The molecule has 19 heavy (non-hydrogen) atoms. The van der Waals surface area contributed by atoms with Crippen molar-refractivity contribution in [2.45, 2.75) is 13.3 Å². The summed E-state index contributed by atoms with van der Waals surface area (Å²) in [6.07, 6.45) is 0.786. The van der Waals surface area contributed by atoms with Gasteiger partial charge in [0.1, 0.15) is 0 Å². The van der Waals surface area contributed by atoms with Crippen molar-refractivity contribution in [3.05, 3.63) is 35.4 Å². The number of aryl methyl sites for hydroxylation is 1. The minimum Gasteiger partial charge on any atom is -0.481 e. The number of hydrogen-bond donors (Lipinski definition) is 2. The molecule has 2 amide bonds. The maximum Gasteiger partial charge on any atom is 0.317 e. The third kappa shape index (κ3) is 3.24. The van der Waals surface area contributed by atoms with Crippen molar-refractivity contribution in [3.8, 4) is 0 Å². The Morgan fingerprint density at radius 3 is 2.68 bits per heavy atom. The summed E-state index contributed by atoms with van der Waals surface area (Å²) in [6, 6.07) is 7.89. The van der Waals surface area contributed by atoms with Gasteiger partial charge in [-0.1, -0.05) is 24.3 Å². The molecule has 0 radical (unpaired) electrons. The summed E-state index contributed by atoms with van der Waals surface area (Å²) in [6.45, 7) is 3.24. The Hall–Kier alpha value is -2.04. The van der Waals surface area contributed by atoms with Crippen molar-refractivity contribution in [2.24, 2.45) is 5.92 Å². The van der Waals surface area contributed by atoms with E-state index < -0.39 is 11.9 Å². The summed E-state index contributed by atoms with van der Waals surface area (Å²) in [7, 11) is 0. The number of benzene rings is 1. The van der Waals surface area contributed by atoms with Crippen LogP contribution in [0.4, 0.5) is 4.79 Å². The van der Waals surface area contributed by atoms with E-state index in [9.17, 15) is 9.59 Å². The molecule has 1 fully saturated rings. The van der Waals surface area contributed by atoms with E-state index in [1.165, 1.54) is 16.0 Å². The maximum absolute atomic E-state index is 11.7. The number of urea groups is 1. The second kappa shape index (κ2) is 5.73.